The second-order valence-electron chi connectivity index (χ2n) is 7.19. The number of ether oxygens (including phenoxy) is 1. The number of anilines is 1. The van der Waals surface area contributed by atoms with Gasteiger partial charge in [-0.15, -0.1) is 0 Å². The van der Waals surface area contributed by atoms with Crippen LogP contribution in [-0.2, 0) is 9.53 Å². The summed E-state index contributed by atoms with van der Waals surface area (Å²) in [6.07, 6.45) is 2.92. The number of carbonyl (C=O) groups excluding carboxylic acids is 2. The van der Waals surface area contributed by atoms with Crippen LogP contribution in [0.15, 0.2) is 47.3 Å². The fourth-order valence-electron chi connectivity index (χ4n) is 3.73. The van der Waals surface area contributed by atoms with Crippen LogP contribution in [0.25, 0.3) is 0 Å². The van der Waals surface area contributed by atoms with Gasteiger partial charge in [-0.05, 0) is 30.3 Å². The van der Waals surface area contributed by atoms with E-state index < -0.39 is 0 Å². The molecular formula is C20H22FN3O4. The normalized spacial score (nSPS) is 21.9. The topological polar surface area (TPSA) is 75.0 Å². The molecule has 0 aliphatic carbocycles. The standard InChI is InChI=1S/C20H22FN3O4/c21-16-1-3-17(4-2-16)22-7-19(25)24-9-14-8-23(10-18(24)13-28-11-14)20(26)15-5-6-27-12-15/h1-6,12,14,18,22H,7-11,13H2/t14-,18-/m0/s1. The molecule has 1 N–H and O–H groups in total. The van der Waals surface area contributed by atoms with Crippen LogP contribution in [0, 0.1) is 11.7 Å². The number of hydrogen-bond donors (Lipinski definition) is 1. The molecule has 2 saturated heterocycles. The zero-order chi connectivity index (χ0) is 19.5. The summed E-state index contributed by atoms with van der Waals surface area (Å²) in [4.78, 5) is 29.2. The Morgan fingerprint density at radius 3 is 2.68 bits per heavy atom. The Bertz CT molecular complexity index is 824. The zero-order valence-corrected chi connectivity index (χ0v) is 15.3. The third-order valence-corrected chi connectivity index (χ3v) is 5.13. The molecule has 0 unspecified atom stereocenters. The zero-order valence-electron chi connectivity index (χ0n) is 15.3. The summed E-state index contributed by atoms with van der Waals surface area (Å²) in [7, 11) is 0. The number of nitrogens with one attached hydrogen (secondary N) is 1. The van der Waals surface area contributed by atoms with Crippen LogP contribution in [0.2, 0.25) is 0 Å². The first kappa shape index (κ1) is 18.5. The molecule has 2 aliphatic rings. The van der Waals surface area contributed by atoms with E-state index in [-0.39, 0.29) is 36.1 Å². The summed E-state index contributed by atoms with van der Waals surface area (Å²) in [6, 6.07) is 7.33. The van der Waals surface area contributed by atoms with Crippen molar-refractivity contribution in [2.24, 2.45) is 5.92 Å². The molecule has 1 aromatic carbocycles. The fraction of sp³-hybridized carbons (Fsp3) is 0.400. The first-order chi connectivity index (χ1) is 13.6. The van der Waals surface area contributed by atoms with Crippen molar-refractivity contribution < 1.29 is 23.1 Å². The van der Waals surface area contributed by atoms with E-state index in [1.165, 1.54) is 24.7 Å². The second-order valence-corrected chi connectivity index (χ2v) is 7.19. The highest BCUT2D eigenvalue weighted by atomic mass is 19.1. The van der Waals surface area contributed by atoms with Crippen molar-refractivity contribution in [3.05, 3.63) is 54.2 Å². The molecule has 8 heteroatoms. The van der Waals surface area contributed by atoms with E-state index >= 15 is 0 Å². The minimum absolute atomic E-state index is 0.0538. The Hall–Kier alpha value is -2.87. The molecule has 2 atom stereocenters. The first-order valence-electron chi connectivity index (χ1n) is 9.28. The van der Waals surface area contributed by atoms with Crippen molar-refractivity contribution in [3.8, 4) is 0 Å². The summed E-state index contributed by atoms with van der Waals surface area (Å²) in [5.41, 5.74) is 1.19. The number of nitrogens with zero attached hydrogens (tertiary/aromatic N) is 2. The Kier molecular flexibility index (Phi) is 5.29. The van der Waals surface area contributed by atoms with Crippen LogP contribution in [0.1, 0.15) is 10.4 Å². The number of carbonyl (C=O) groups is 2. The highest BCUT2D eigenvalue weighted by Gasteiger charge is 2.37. The number of halogens is 1. The van der Waals surface area contributed by atoms with Gasteiger partial charge in [0.25, 0.3) is 5.91 Å². The Labute approximate surface area is 162 Å². The summed E-state index contributed by atoms with van der Waals surface area (Å²) >= 11 is 0. The second kappa shape index (κ2) is 8.02. The Morgan fingerprint density at radius 2 is 1.93 bits per heavy atom. The molecule has 3 heterocycles. The SMILES string of the molecule is O=C(c1ccoc1)N1C[C@@H]2COC[C@H](C1)N(C(=O)CNc1ccc(F)cc1)C2. The van der Waals surface area contributed by atoms with Crippen LogP contribution in [0.5, 0.6) is 0 Å². The van der Waals surface area contributed by atoms with E-state index in [0.717, 1.165) is 0 Å². The molecule has 0 radical (unpaired) electrons. The first-order valence-corrected chi connectivity index (χ1v) is 9.28. The summed E-state index contributed by atoms with van der Waals surface area (Å²) in [5, 5.41) is 3.03. The van der Waals surface area contributed by atoms with Crippen molar-refractivity contribution in [2.75, 3.05) is 44.7 Å². The molecule has 0 spiro atoms. The van der Waals surface area contributed by atoms with E-state index in [1.807, 2.05) is 0 Å². The molecule has 0 saturated carbocycles. The molecule has 2 aromatic rings. The van der Waals surface area contributed by atoms with Gasteiger partial charge >= 0.3 is 0 Å². The Morgan fingerprint density at radius 1 is 1.11 bits per heavy atom. The van der Waals surface area contributed by atoms with Gasteiger partial charge in [0.05, 0.1) is 37.6 Å². The molecule has 2 fully saturated rings. The summed E-state index contributed by atoms with van der Waals surface area (Å²) < 4.78 is 23.8. The van der Waals surface area contributed by atoms with Crippen LogP contribution in [0.3, 0.4) is 0 Å². The van der Waals surface area contributed by atoms with Gasteiger partial charge in [0, 0.05) is 31.2 Å². The van der Waals surface area contributed by atoms with Gasteiger partial charge in [-0.1, -0.05) is 0 Å². The van der Waals surface area contributed by atoms with Gasteiger partial charge in [-0.2, -0.15) is 0 Å². The van der Waals surface area contributed by atoms with Crippen molar-refractivity contribution in [1.82, 2.24) is 9.80 Å². The number of hydrogen-bond acceptors (Lipinski definition) is 5. The van der Waals surface area contributed by atoms with E-state index in [4.69, 9.17) is 9.15 Å². The van der Waals surface area contributed by atoms with Crippen LogP contribution >= 0.6 is 0 Å². The molecule has 2 amide bonds. The average molecular weight is 387 g/mol. The lowest BCUT2D eigenvalue weighted by atomic mass is 10.1. The fourth-order valence-corrected chi connectivity index (χ4v) is 3.73. The smallest absolute Gasteiger partial charge is 0.257 e. The average Bonchev–Trinajstić information content (AvgIpc) is 3.06. The van der Waals surface area contributed by atoms with Crippen LogP contribution in [0.4, 0.5) is 10.1 Å². The molecule has 28 heavy (non-hydrogen) atoms. The molecule has 2 bridgehead atoms. The number of amides is 2. The van der Waals surface area contributed by atoms with Gasteiger partial charge in [-0.3, -0.25) is 9.59 Å². The van der Waals surface area contributed by atoms with Gasteiger partial charge in [0.1, 0.15) is 12.1 Å². The third kappa shape index (κ3) is 4.01. The Balaban J connectivity index is 1.43. The lowest BCUT2D eigenvalue weighted by molar-refractivity contribution is -0.131. The summed E-state index contributed by atoms with van der Waals surface area (Å²) in [5.74, 6) is -0.428. The summed E-state index contributed by atoms with van der Waals surface area (Å²) in [6.45, 7) is 2.52. The van der Waals surface area contributed by atoms with E-state index in [2.05, 4.69) is 5.32 Å². The van der Waals surface area contributed by atoms with E-state index in [9.17, 15) is 14.0 Å². The quantitative estimate of drug-likeness (QED) is 0.866. The number of furan rings is 1. The molecule has 2 aliphatic heterocycles. The van der Waals surface area contributed by atoms with Gasteiger partial charge in [-0.25, -0.2) is 4.39 Å². The maximum Gasteiger partial charge on any atom is 0.257 e. The van der Waals surface area contributed by atoms with Gasteiger partial charge in [0.2, 0.25) is 5.91 Å². The molecule has 148 valence electrons. The van der Waals surface area contributed by atoms with Crippen molar-refractivity contribution >= 4 is 17.5 Å². The predicted octanol–water partition coefficient (Wildman–Crippen LogP) is 1.83. The molecular weight excluding hydrogens is 365 g/mol. The largest absolute Gasteiger partial charge is 0.472 e. The third-order valence-electron chi connectivity index (χ3n) is 5.13. The van der Waals surface area contributed by atoms with E-state index in [0.29, 0.717) is 44.1 Å². The highest BCUT2D eigenvalue weighted by molar-refractivity contribution is 5.94. The number of fused-ring (bicyclic) bond motifs is 3. The van der Waals surface area contributed by atoms with Crippen LogP contribution in [-0.4, -0.2) is 67.0 Å². The predicted molar refractivity (Wildman–Crippen MR) is 99.3 cm³/mol. The molecule has 7 nitrogen and oxygen atoms in total. The highest BCUT2D eigenvalue weighted by Crippen LogP contribution is 2.22. The molecule has 1 aromatic heterocycles. The maximum absolute atomic E-state index is 13.0. The minimum Gasteiger partial charge on any atom is -0.472 e. The number of rotatable bonds is 4. The molecule has 4 rings (SSSR count). The maximum atomic E-state index is 13.0. The van der Waals surface area contributed by atoms with Gasteiger partial charge < -0.3 is 24.3 Å². The van der Waals surface area contributed by atoms with Gasteiger partial charge in [0.15, 0.2) is 0 Å². The van der Waals surface area contributed by atoms with Crippen molar-refractivity contribution in [2.45, 2.75) is 6.04 Å². The number of benzene rings is 1. The monoisotopic (exact) mass is 387 g/mol. The lowest BCUT2D eigenvalue weighted by Gasteiger charge is -2.31. The van der Waals surface area contributed by atoms with Crippen molar-refractivity contribution in [1.29, 1.82) is 0 Å². The minimum atomic E-state index is -0.322. The van der Waals surface area contributed by atoms with Crippen molar-refractivity contribution in [3.63, 3.8) is 0 Å². The lowest BCUT2D eigenvalue weighted by Crippen LogP contribution is -2.49. The van der Waals surface area contributed by atoms with Crippen LogP contribution < -0.4 is 5.32 Å². The van der Waals surface area contributed by atoms with E-state index in [1.54, 1.807) is 28.0 Å².